The van der Waals surface area contributed by atoms with Gasteiger partial charge in [-0.2, -0.15) is 0 Å². The number of anilines is 1. The molecule has 15 heteroatoms. The van der Waals surface area contributed by atoms with Gasteiger partial charge in [0.25, 0.3) is 0 Å². The van der Waals surface area contributed by atoms with Gasteiger partial charge in [0.1, 0.15) is 17.9 Å². The van der Waals surface area contributed by atoms with Gasteiger partial charge in [0.15, 0.2) is 29.9 Å². The number of nitrogens with two attached hydrogens (primary N) is 1. The van der Waals surface area contributed by atoms with Gasteiger partial charge in [-0.05, 0) is 0 Å². The van der Waals surface area contributed by atoms with Crippen LogP contribution in [0.1, 0.15) is 20.1 Å². The third-order valence-electron chi connectivity index (χ3n) is 3.96. The van der Waals surface area contributed by atoms with Gasteiger partial charge < -0.3 is 29.7 Å². The van der Waals surface area contributed by atoms with Crippen LogP contribution in [0.15, 0.2) is 12.7 Å². The van der Waals surface area contributed by atoms with Crippen molar-refractivity contribution in [2.75, 3.05) is 12.3 Å². The van der Waals surface area contributed by atoms with Crippen molar-refractivity contribution in [3.8, 4) is 0 Å². The lowest BCUT2D eigenvalue weighted by atomic mass is 10.1. The van der Waals surface area contributed by atoms with Crippen LogP contribution in [0, 0.1) is 0 Å². The molecule has 0 aliphatic carbocycles. The van der Waals surface area contributed by atoms with Crippen molar-refractivity contribution in [1.29, 1.82) is 0 Å². The topological polar surface area (TPSA) is 198 Å². The van der Waals surface area contributed by atoms with E-state index < -0.39 is 50.9 Å². The van der Waals surface area contributed by atoms with Gasteiger partial charge in [-0.1, -0.05) is 0 Å². The zero-order valence-corrected chi connectivity index (χ0v) is 16.1. The molecular weight excluding hydrogens is 413 g/mol. The molecule has 1 fully saturated rings. The highest BCUT2D eigenvalue weighted by atomic mass is 31.2. The van der Waals surface area contributed by atoms with E-state index in [1.165, 1.54) is 17.2 Å². The zero-order chi connectivity index (χ0) is 21.3. The molecule has 0 saturated carbocycles. The summed E-state index contributed by atoms with van der Waals surface area (Å²) in [6, 6.07) is 0. The van der Waals surface area contributed by atoms with Gasteiger partial charge in [-0.25, -0.2) is 19.5 Å². The quantitative estimate of drug-likeness (QED) is 0.383. The minimum absolute atomic E-state index is 0.105. The Kier molecular flexibility index (Phi) is 5.82. The zero-order valence-electron chi connectivity index (χ0n) is 15.2. The summed E-state index contributed by atoms with van der Waals surface area (Å²) in [7, 11) is -4.84. The van der Waals surface area contributed by atoms with Crippen molar-refractivity contribution in [1.82, 2.24) is 19.5 Å². The van der Waals surface area contributed by atoms with Crippen molar-refractivity contribution in [2.45, 2.75) is 38.4 Å². The summed E-state index contributed by atoms with van der Waals surface area (Å²) < 4.78 is 33.2. The Bertz CT molecular complexity index is 976. The predicted octanol–water partition coefficient (Wildman–Crippen LogP) is -0.721. The Balaban J connectivity index is 2.01. The number of phosphoric ester groups is 1. The lowest BCUT2D eigenvalue weighted by Gasteiger charge is -2.23. The summed E-state index contributed by atoms with van der Waals surface area (Å²) in [4.78, 5) is 53.2. The van der Waals surface area contributed by atoms with E-state index in [0.29, 0.717) is 0 Å². The molecule has 4 atom stereocenters. The fraction of sp³-hybridized carbons (Fsp3) is 0.500. The monoisotopic (exact) mass is 431 g/mol. The van der Waals surface area contributed by atoms with Crippen LogP contribution >= 0.6 is 7.82 Å². The number of imidazole rings is 1. The minimum atomic E-state index is -4.84. The number of nitrogen functional groups attached to an aromatic ring is 1. The van der Waals surface area contributed by atoms with E-state index >= 15 is 0 Å². The van der Waals surface area contributed by atoms with Crippen LogP contribution in [-0.2, 0) is 32.9 Å². The Morgan fingerprint density at radius 1 is 1.21 bits per heavy atom. The van der Waals surface area contributed by atoms with Crippen molar-refractivity contribution in [2.24, 2.45) is 0 Å². The standard InChI is InChI=1S/C14H18N5O9P/c1-6(20)26-10-8(3-25-29(22,23)24)28-14(11(10)27-7(2)21)19-5-18-9-12(15)16-4-17-13(9)19/h4-5,8,10-11,14H,3H2,1-2H3,(H2,15,16,17)(H2,22,23,24)/t8-,10-,11-,14-/m1/s1. The van der Waals surface area contributed by atoms with E-state index in [9.17, 15) is 14.2 Å². The fourth-order valence-electron chi connectivity index (χ4n) is 2.94. The molecule has 29 heavy (non-hydrogen) atoms. The van der Waals surface area contributed by atoms with E-state index in [1.807, 2.05) is 0 Å². The number of phosphoric acid groups is 1. The number of ether oxygens (including phenoxy) is 3. The second kappa shape index (κ2) is 8.00. The first-order valence-corrected chi connectivity index (χ1v) is 9.73. The maximum Gasteiger partial charge on any atom is 0.469 e. The molecule has 0 amide bonds. The largest absolute Gasteiger partial charge is 0.469 e. The average molecular weight is 431 g/mol. The summed E-state index contributed by atoms with van der Waals surface area (Å²) in [5.74, 6) is -1.32. The van der Waals surface area contributed by atoms with E-state index in [-0.39, 0.29) is 17.0 Å². The fourth-order valence-corrected chi connectivity index (χ4v) is 3.29. The number of carbonyl (C=O) groups is 2. The van der Waals surface area contributed by atoms with Crippen LogP contribution in [0.2, 0.25) is 0 Å². The Morgan fingerprint density at radius 3 is 2.48 bits per heavy atom. The highest BCUT2D eigenvalue weighted by Crippen LogP contribution is 2.40. The first-order chi connectivity index (χ1) is 13.6. The Morgan fingerprint density at radius 2 is 1.86 bits per heavy atom. The Hall–Kier alpha value is -2.64. The predicted molar refractivity (Wildman–Crippen MR) is 92.7 cm³/mol. The minimum Gasteiger partial charge on any atom is -0.456 e. The van der Waals surface area contributed by atoms with Gasteiger partial charge in [-0.15, -0.1) is 0 Å². The number of fused-ring (bicyclic) bond motifs is 1. The molecule has 1 saturated heterocycles. The van der Waals surface area contributed by atoms with Gasteiger partial charge in [0.05, 0.1) is 12.9 Å². The number of aromatic nitrogens is 4. The second-order valence-corrected chi connectivity index (χ2v) is 7.32. The molecule has 158 valence electrons. The molecule has 1 aliphatic rings. The lowest BCUT2D eigenvalue weighted by molar-refractivity contribution is -0.165. The van der Waals surface area contributed by atoms with E-state index in [0.717, 1.165) is 13.8 Å². The molecule has 0 radical (unpaired) electrons. The van der Waals surface area contributed by atoms with Crippen LogP contribution in [-0.4, -0.2) is 66.2 Å². The summed E-state index contributed by atoms with van der Waals surface area (Å²) in [5.41, 5.74) is 6.28. The molecular formula is C14H18N5O9P. The molecule has 14 nitrogen and oxygen atoms in total. The number of hydrogen-bond donors (Lipinski definition) is 3. The van der Waals surface area contributed by atoms with Crippen LogP contribution < -0.4 is 5.73 Å². The lowest BCUT2D eigenvalue weighted by Crippen LogP contribution is -2.40. The molecule has 3 heterocycles. The summed E-state index contributed by atoms with van der Waals surface area (Å²) in [6.45, 7) is 1.63. The van der Waals surface area contributed by atoms with Crippen molar-refractivity contribution >= 4 is 36.7 Å². The first kappa shape index (κ1) is 21.1. The number of rotatable bonds is 6. The molecule has 2 aromatic heterocycles. The molecule has 1 aliphatic heterocycles. The molecule has 0 spiro atoms. The van der Waals surface area contributed by atoms with Crippen LogP contribution in [0.4, 0.5) is 5.82 Å². The van der Waals surface area contributed by atoms with Gasteiger partial charge in [-0.3, -0.25) is 18.7 Å². The van der Waals surface area contributed by atoms with Crippen LogP contribution in [0.25, 0.3) is 11.2 Å². The first-order valence-electron chi connectivity index (χ1n) is 8.20. The molecule has 0 bridgehead atoms. The highest BCUT2D eigenvalue weighted by Gasteiger charge is 2.51. The average Bonchev–Trinajstić information content (AvgIpc) is 3.15. The van der Waals surface area contributed by atoms with Gasteiger partial charge in [0, 0.05) is 13.8 Å². The van der Waals surface area contributed by atoms with E-state index in [2.05, 4.69) is 19.5 Å². The summed E-state index contributed by atoms with van der Waals surface area (Å²) in [6.07, 6.45) is -2.16. The summed E-state index contributed by atoms with van der Waals surface area (Å²) >= 11 is 0. The van der Waals surface area contributed by atoms with E-state index in [1.54, 1.807) is 0 Å². The maximum atomic E-state index is 11.6. The second-order valence-electron chi connectivity index (χ2n) is 6.08. The smallest absolute Gasteiger partial charge is 0.456 e. The molecule has 0 unspecified atom stereocenters. The van der Waals surface area contributed by atoms with Crippen molar-refractivity contribution in [3.05, 3.63) is 12.7 Å². The molecule has 4 N–H and O–H groups in total. The third-order valence-corrected chi connectivity index (χ3v) is 4.44. The van der Waals surface area contributed by atoms with Crippen molar-refractivity contribution < 1.29 is 42.7 Å². The number of esters is 2. The Labute approximate surface area is 163 Å². The van der Waals surface area contributed by atoms with Gasteiger partial charge >= 0.3 is 19.8 Å². The molecule has 2 aromatic rings. The number of nitrogens with zero attached hydrogens (tertiary/aromatic N) is 4. The van der Waals surface area contributed by atoms with Crippen LogP contribution in [0.3, 0.4) is 0 Å². The number of hydrogen-bond acceptors (Lipinski definition) is 11. The highest BCUT2D eigenvalue weighted by molar-refractivity contribution is 7.46. The van der Waals surface area contributed by atoms with E-state index in [4.69, 9.17) is 29.7 Å². The van der Waals surface area contributed by atoms with Gasteiger partial charge in [0.2, 0.25) is 0 Å². The summed E-state index contributed by atoms with van der Waals surface area (Å²) in [5, 5.41) is 0. The van der Waals surface area contributed by atoms with Crippen molar-refractivity contribution in [3.63, 3.8) is 0 Å². The number of carbonyl (C=O) groups excluding carboxylic acids is 2. The normalized spacial score (nSPS) is 24.6. The van der Waals surface area contributed by atoms with Crippen LogP contribution in [0.5, 0.6) is 0 Å². The maximum absolute atomic E-state index is 11.6. The molecule has 0 aromatic carbocycles. The third kappa shape index (κ3) is 4.68. The molecule has 3 rings (SSSR count). The SMILES string of the molecule is CC(=O)O[C@@H]1[C@H](OC(C)=O)[C@@H](COP(=O)(O)O)O[C@H]1n1cnc2c(N)ncnc21.